The van der Waals surface area contributed by atoms with Gasteiger partial charge in [-0.25, -0.2) is 8.42 Å². The Morgan fingerprint density at radius 1 is 1.29 bits per heavy atom. The molecule has 21 heavy (non-hydrogen) atoms. The normalized spacial score (nSPS) is 13.2. The Hall–Kier alpha value is -1.54. The number of nitrogens with one attached hydrogen (secondary N) is 1. The predicted octanol–water partition coefficient (Wildman–Crippen LogP) is 2.00. The highest BCUT2D eigenvalue weighted by molar-refractivity contribution is 7.91. The van der Waals surface area contributed by atoms with Crippen LogP contribution >= 0.6 is 0 Å². The fraction of sp³-hybridized carbons (Fsp3) is 0.462. The summed E-state index contributed by atoms with van der Waals surface area (Å²) in [6.07, 6.45) is 1.36. The van der Waals surface area contributed by atoms with Crippen LogP contribution in [0.3, 0.4) is 0 Å². The van der Waals surface area contributed by atoms with Crippen LogP contribution in [0, 0.1) is 5.92 Å². The molecule has 0 aliphatic heterocycles. The fourth-order valence-electron chi connectivity index (χ4n) is 1.65. The van der Waals surface area contributed by atoms with Crippen LogP contribution in [0.25, 0.3) is 0 Å². The standard InChI is InChI=1S/C13H18F2N2O3S/c1-9(3-2-8-16)12(18)17-10-4-6-11(7-5-10)21(19,20)13(14)15/h4-7,9,13H,2-3,8,16H2,1H3,(H,17,18). The predicted molar refractivity (Wildman–Crippen MR) is 75.7 cm³/mol. The smallest absolute Gasteiger partial charge is 0.330 e. The van der Waals surface area contributed by atoms with Gasteiger partial charge in [-0.3, -0.25) is 4.79 Å². The van der Waals surface area contributed by atoms with E-state index in [-0.39, 0.29) is 11.8 Å². The van der Waals surface area contributed by atoms with Crippen LogP contribution in [-0.4, -0.2) is 26.6 Å². The minimum Gasteiger partial charge on any atom is -0.330 e. The average molecular weight is 320 g/mol. The van der Waals surface area contributed by atoms with Crippen molar-refractivity contribution >= 4 is 21.4 Å². The molecule has 1 unspecified atom stereocenters. The summed E-state index contributed by atoms with van der Waals surface area (Å²) in [5.74, 6) is -3.93. The molecule has 1 rings (SSSR count). The molecule has 0 aliphatic rings. The lowest BCUT2D eigenvalue weighted by atomic mass is 10.0. The van der Waals surface area contributed by atoms with Crippen molar-refractivity contribution in [3.63, 3.8) is 0 Å². The van der Waals surface area contributed by atoms with Crippen molar-refractivity contribution in [3.8, 4) is 0 Å². The zero-order chi connectivity index (χ0) is 16.0. The molecule has 0 bridgehead atoms. The number of hydrogen-bond donors (Lipinski definition) is 2. The molecule has 1 atom stereocenters. The van der Waals surface area contributed by atoms with Crippen molar-refractivity contribution in [2.24, 2.45) is 11.7 Å². The molecule has 0 aromatic heterocycles. The number of amides is 1. The second kappa shape index (κ2) is 7.46. The van der Waals surface area contributed by atoms with E-state index in [4.69, 9.17) is 5.73 Å². The van der Waals surface area contributed by atoms with Crippen molar-refractivity contribution in [2.75, 3.05) is 11.9 Å². The number of anilines is 1. The highest BCUT2D eigenvalue weighted by atomic mass is 32.2. The Balaban J connectivity index is 2.74. The number of nitrogens with two attached hydrogens (primary N) is 1. The van der Waals surface area contributed by atoms with Gasteiger partial charge in [-0.15, -0.1) is 0 Å². The third-order valence-electron chi connectivity index (χ3n) is 2.97. The maximum Gasteiger partial charge on any atom is 0.341 e. The van der Waals surface area contributed by atoms with E-state index in [2.05, 4.69) is 5.32 Å². The molecular weight excluding hydrogens is 302 g/mol. The van der Waals surface area contributed by atoms with Gasteiger partial charge in [0.15, 0.2) is 0 Å². The Kier molecular flexibility index (Phi) is 6.22. The van der Waals surface area contributed by atoms with Crippen LogP contribution in [-0.2, 0) is 14.6 Å². The topological polar surface area (TPSA) is 89.3 Å². The Labute approximate surface area is 122 Å². The fourth-order valence-corrected chi connectivity index (χ4v) is 2.37. The van der Waals surface area contributed by atoms with Gasteiger partial charge in [-0.2, -0.15) is 8.78 Å². The molecule has 1 aromatic carbocycles. The lowest BCUT2D eigenvalue weighted by Crippen LogP contribution is -2.21. The van der Waals surface area contributed by atoms with Crippen LogP contribution < -0.4 is 11.1 Å². The van der Waals surface area contributed by atoms with Crippen LogP contribution in [0.2, 0.25) is 0 Å². The van der Waals surface area contributed by atoms with Crippen LogP contribution in [0.1, 0.15) is 19.8 Å². The van der Waals surface area contributed by atoms with Crippen molar-refractivity contribution in [1.29, 1.82) is 0 Å². The summed E-state index contributed by atoms with van der Waals surface area (Å²) in [6, 6.07) is 4.65. The molecule has 0 heterocycles. The zero-order valence-electron chi connectivity index (χ0n) is 11.6. The van der Waals surface area contributed by atoms with E-state index in [1.54, 1.807) is 6.92 Å². The first-order valence-corrected chi connectivity index (χ1v) is 7.96. The van der Waals surface area contributed by atoms with Gasteiger partial charge in [0.2, 0.25) is 15.7 Å². The zero-order valence-corrected chi connectivity index (χ0v) is 12.4. The Morgan fingerprint density at radius 2 is 1.86 bits per heavy atom. The molecule has 0 saturated heterocycles. The van der Waals surface area contributed by atoms with E-state index < -0.39 is 20.5 Å². The minimum absolute atomic E-state index is 0.229. The van der Waals surface area contributed by atoms with Gasteiger partial charge in [0, 0.05) is 11.6 Å². The van der Waals surface area contributed by atoms with E-state index in [1.807, 2.05) is 0 Å². The summed E-state index contributed by atoms with van der Waals surface area (Å²) in [7, 11) is -4.61. The summed E-state index contributed by atoms with van der Waals surface area (Å²) in [6.45, 7) is 2.25. The number of benzene rings is 1. The molecule has 0 aliphatic carbocycles. The van der Waals surface area contributed by atoms with Crippen molar-refractivity contribution < 1.29 is 22.0 Å². The van der Waals surface area contributed by atoms with Gasteiger partial charge in [0.05, 0.1) is 4.90 Å². The summed E-state index contributed by atoms with van der Waals surface area (Å²) >= 11 is 0. The second-order valence-electron chi connectivity index (χ2n) is 4.65. The molecule has 1 aromatic rings. The van der Waals surface area contributed by atoms with E-state index in [9.17, 15) is 22.0 Å². The SMILES string of the molecule is CC(CCCN)C(=O)Nc1ccc(S(=O)(=O)C(F)F)cc1. The minimum atomic E-state index is -4.61. The molecule has 0 spiro atoms. The van der Waals surface area contributed by atoms with Gasteiger partial charge in [-0.05, 0) is 43.7 Å². The average Bonchev–Trinajstić information content (AvgIpc) is 2.45. The van der Waals surface area contributed by atoms with E-state index in [0.717, 1.165) is 18.6 Å². The number of alkyl halides is 2. The van der Waals surface area contributed by atoms with Crippen LogP contribution in [0.5, 0.6) is 0 Å². The lowest BCUT2D eigenvalue weighted by molar-refractivity contribution is -0.119. The maximum absolute atomic E-state index is 12.4. The number of halogens is 2. The van der Waals surface area contributed by atoms with E-state index in [0.29, 0.717) is 18.7 Å². The van der Waals surface area contributed by atoms with Crippen LogP contribution in [0.15, 0.2) is 29.2 Å². The Morgan fingerprint density at radius 3 is 2.33 bits per heavy atom. The highest BCUT2D eigenvalue weighted by Crippen LogP contribution is 2.20. The highest BCUT2D eigenvalue weighted by Gasteiger charge is 2.26. The molecule has 8 heteroatoms. The largest absolute Gasteiger partial charge is 0.341 e. The third-order valence-corrected chi connectivity index (χ3v) is 4.37. The van der Waals surface area contributed by atoms with Crippen LogP contribution in [0.4, 0.5) is 14.5 Å². The summed E-state index contributed by atoms with van der Waals surface area (Å²) in [4.78, 5) is 11.3. The Bertz CT molecular complexity index is 574. The van der Waals surface area contributed by atoms with Gasteiger partial charge in [0.25, 0.3) is 0 Å². The van der Waals surface area contributed by atoms with E-state index >= 15 is 0 Å². The second-order valence-corrected chi connectivity index (χ2v) is 6.57. The van der Waals surface area contributed by atoms with Gasteiger partial charge in [-0.1, -0.05) is 6.92 Å². The molecule has 118 valence electrons. The molecule has 5 nitrogen and oxygen atoms in total. The van der Waals surface area contributed by atoms with Gasteiger partial charge >= 0.3 is 5.76 Å². The third kappa shape index (κ3) is 4.75. The molecule has 1 amide bonds. The van der Waals surface area contributed by atoms with Crippen molar-refractivity contribution in [1.82, 2.24) is 0 Å². The first-order chi connectivity index (χ1) is 9.78. The summed E-state index contributed by atoms with van der Waals surface area (Å²) in [5.41, 5.74) is 5.72. The lowest BCUT2D eigenvalue weighted by Gasteiger charge is -2.12. The van der Waals surface area contributed by atoms with E-state index in [1.165, 1.54) is 12.1 Å². The van der Waals surface area contributed by atoms with Crippen molar-refractivity contribution in [3.05, 3.63) is 24.3 Å². The quantitative estimate of drug-likeness (QED) is 0.804. The number of carbonyl (C=O) groups is 1. The molecule has 3 N–H and O–H groups in total. The maximum atomic E-state index is 12.4. The molecule has 0 radical (unpaired) electrons. The molecule has 0 fully saturated rings. The first kappa shape index (κ1) is 17.5. The molecule has 0 saturated carbocycles. The summed E-state index contributed by atoms with van der Waals surface area (Å²) in [5, 5.41) is 2.60. The molecular formula is C13H18F2N2O3S. The van der Waals surface area contributed by atoms with Gasteiger partial charge < -0.3 is 11.1 Å². The number of sulfone groups is 1. The first-order valence-electron chi connectivity index (χ1n) is 6.42. The van der Waals surface area contributed by atoms with Crippen molar-refractivity contribution in [2.45, 2.75) is 30.4 Å². The summed E-state index contributed by atoms with van der Waals surface area (Å²) < 4.78 is 47.2. The van der Waals surface area contributed by atoms with Gasteiger partial charge in [0.1, 0.15) is 0 Å². The number of hydrogen-bond acceptors (Lipinski definition) is 4. The number of carbonyl (C=O) groups excluding carboxylic acids is 1. The number of rotatable bonds is 7. The monoisotopic (exact) mass is 320 g/mol.